The lowest BCUT2D eigenvalue weighted by atomic mass is 10.1. The summed E-state index contributed by atoms with van der Waals surface area (Å²) in [4.78, 5) is 10.9. The number of anilines is 1. The summed E-state index contributed by atoms with van der Waals surface area (Å²) >= 11 is 0. The number of nitrogens with two attached hydrogens (primary N) is 1. The van der Waals surface area contributed by atoms with E-state index in [9.17, 15) is 9.90 Å². The number of benzene rings is 1. The Kier molecular flexibility index (Phi) is 5.18. The van der Waals surface area contributed by atoms with Crippen LogP contribution in [0.25, 0.3) is 5.70 Å². The number of nitrogen functional groups attached to an aromatic ring is 1. The second kappa shape index (κ2) is 6.64. The van der Waals surface area contributed by atoms with Gasteiger partial charge in [0.1, 0.15) is 12.0 Å². The van der Waals surface area contributed by atoms with Crippen molar-refractivity contribution in [1.82, 2.24) is 5.32 Å². The number of rotatable bonds is 6. The number of hydrogen-bond acceptors (Lipinski definition) is 4. The van der Waals surface area contributed by atoms with E-state index < -0.39 is 0 Å². The highest BCUT2D eigenvalue weighted by Gasteiger charge is 2.06. The van der Waals surface area contributed by atoms with Crippen LogP contribution in [0.15, 0.2) is 36.0 Å². The van der Waals surface area contributed by atoms with Crippen LogP contribution in [0.1, 0.15) is 32.3 Å². The second-order valence-electron chi connectivity index (χ2n) is 4.41. The lowest BCUT2D eigenvalue weighted by Gasteiger charge is -2.15. The van der Waals surface area contributed by atoms with Crippen LogP contribution in [-0.4, -0.2) is 11.4 Å². The zero-order chi connectivity index (χ0) is 14.4. The van der Waals surface area contributed by atoms with Crippen molar-refractivity contribution in [3.63, 3.8) is 0 Å². The quantitative estimate of drug-likeness (QED) is 0.318. The maximum atomic E-state index is 10.9. The monoisotopic (exact) mass is 260 g/mol. The van der Waals surface area contributed by atoms with Gasteiger partial charge >= 0.3 is 0 Å². The van der Waals surface area contributed by atoms with Gasteiger partial charge in [-0.2, -0.15) is 0 Å². The molecule has 4 heteroatoms. The summed E-state index contributed by atoms with van der Waals surface area (Å²) in [6, 6.07) is 4.93. The highest BCUT2D eigenvalue weighted by Crippen LogP contribution is 2.24. The van der Waals surface area contributed by atoms with Crippen LogP contribution in [0.5, 0.6) is 5.75 Å². The molecule has 0 saturated heterocycles. The fourth-order valence-electron chi connectivity index (χ4n) is 1.67. The first-order valence-corrected chi connectivity index (χ1v) is 6.19. The molecular formula is C15H20N2O2. The number of aromatic hydroxyl groups is 1. The lowest BCUT2D eigenvalue weighted by Crippen LogP contribution is -2.13. The molecule has 1 aromatic carbocycles. The standard InChI is InChI=1S/C15H20N2O2/c1-4-5-14(10(2)9-18)17-11(3)12-6-7-13(16)15(19)8-12/h6-9,17,19H,3-5,16H2,1-2H3/b14-10+. The Morgan fingerprint density at radius 1 is 1.53 bits per heavy atom. The predicted octanol–water partition coefficient (Wildman–Crippen LogP) is 2.81. The van der Waals surface area contributed by atoms with E-state index in [1.165, 1.54) is 0 Å². The average Bonchev–Trinajstić information content (AvgIpc) is 2.40. The highest BCUT2D eigenvalue weighted by molar-refractivity contribution is 5.75. The molecule has 102 valence electrons. The van der Waals surface area contributed by atoms with Gasteiger partial charge in [-0.15, -0.1) is 0 Å². The number of phenols is 1. The van der Waals surface area contributed by atoms with Gasteiger partial charge in [0.05, 0.1) is 5.69 Å². The Bertz CT molecular complexity index is 519. The van der Waals surface area contributed by atoms with Crippen molar-refractivity contribution in [3.05, 3.63) is 41.6 Å². The summed E-state index contributed by atoms with van der Waals surface area (Å²) in [6.07, 6.45) is 2.52. The Balaban J connectivity index is 2.94. The van der Waals surface area contributed by atoms with Gasteiger partial charge in [-0.3, -0.25) is 4.79 Å². The molecule has 0 heterocycles. The molecule has 19 heavy (non-hydrogen) atoms. The van der Waals surface area contributed by atoms with Crippen LogP contribution in [0, 0.1) is 0 Å². The van der Waals surface area contributed by atoms with Crippen LogP contribution < -0.4 is 11.1 Å². The fraction of sp³-hybridized carbons (Fsp3) is 0.267. The Morgan fingerprint density at radius 3 is 2.74 bits per heavy atom. The largest absolute Gasteiger partial charge is 0.506 e. The van der Waals surface area contributed by atoms with Gasteiger partial charge in [-0.1, -0.05) is 26.0 Å². The van der Waals surface area contributed by atoms with Crippen molar-refractivity contribution < 1.29 is 9.90 Å². The summed E-state index contributed by atoms with van der Waals surface area (Å²) < 4.78 is 0. The third kappa shape index (κ3) is 3.88. The van der Waals surface area contributed by atoms with Gasteiger partial charge in [0, 0.05) is 22.5 Å². The summed E-state index contributed by atoms with van der Waals surface area (Å²) in [7, 11) is 0. The van der Waals surface area contributed by atoms with Crippen molar-refractivity contribution in [2.45, 2.75) is 26.7 Å². The molecular weight excluding hydrogens is 240 g/mol. The lowest BCUT2D eigenvalue weighted by molar-refractivity contribution is -0.104. The first-order valence-electron chi connectivity index (χ1n) is 6.19. The molecule has 4 nitrogen and oxygen atoms in total. The maximum absolute atomic E-state index is 10.9. The number of phenolic OH excluding ortho intramolecular Hbond substituents is 1. The van der Waals surface area contributed by atoms with E-state index in [0.29, 0.717) is 17.0 Å². The summed E-state index contributed by atoms with van der Waals surface area (Å²) in [5.74, 6) is 0.0218. The van der Waals surface area contributed by atoms with E-state index in [1.807, 2.05) is 6.92 Å². The van der Waals surface area contributed by atoms with Crippen molar-refractivity contribution >= 4 is 17.7 Å². The molecule has 0 aliphatic carbocycles. The molecule has 0 aromatic heterocycles. The first kappa shape index (κ1) is 14.8. The predicted molar refractivity (Wildman–Crippen MR) is 78.4 cm³/mol. The molecule has 1 rings (SSSR count). The topological polar surface area (TPSA) is 75.4 Å². The molecule has 0 radical (unpaired) electrons. The van der Waals surface area contributed by atoms with Gasteiger partial charge < -0.3 is 16.2 Å². The van der Waals surface area contributed by atoms with Gasteiger partial charge in [0.15, 0.2) is 0 Å². The third-order valence-corrected chi connectivity index (χ3v) is 2.83. The SMILES string of the molecule is C=C(N/C(CCC)=C(\C)C=O)c1ccc(N)c(O)c1. The zero-order valence-electron chi connectivity index (χ0n) is 11.4. The third-order valence-electron chi connectivity index (χ3n) is 2.83. The fourth-order valence-corrected chi connectivity index (χ4v) is 1.67. The van der Waals surface area contributed by atoms with Gasteiger partial charge in [-0.05, 0) is 25.5 Å². The molecule has 1 aromatic rings. The number of nitrogens with one attached hydrogen (secondary N) is 1. The van der Waals surface area contributed by atoms with E-state index in [1.54, 1.807) is 25.1 Å². The number of allylic oxidation sites excluding steroid dienone is 2. The van der Waals surface area contributed by atoms with Crippen LogP contribution in [0.3, 0.4) is 0 Å². The van der Waals surface area contributed by atoms with Crippen LogP contribution in [0.2, 0.25) is 0 Å². The Morgan fingerprint density at radius 2 is 2.21 bits per heavy atom. The number of carbonyl (C=O) groups is 1. The first-order chi connectivity index (χ1) is 8.99. The highest BCUT2D eigenvalue weighted by atomic mass is 16.3. The second-order valence-corrected chi connectivity index (χ2v) is 4.41. The number of hydrogen-bond donors (Lipinski definition) is 3. The normalized spacial score (nSPS) is 11.7. The van der Waals surface area contributed by atoms with Crippen LogP contribution in [0.4, 0.5) is 5.69 Å². The van der Waals surface area contributed by atoms with Crippen LogP contribution in [-0.2, 0) is 4.79 Å². The molecule has 4 N–H and O–H groups in total. The Hall–Kier alpha value is -2.23. The number of carbonyl (C=O) groups excluding carboxylic acids is 1. The molecule has 0 amide bonds. The van der Waals surface area contributed by atoms with E-state index >= 15 is 0 Å². The summed E-state index contributed by atoms with van der Waals surface area (Å²) in [5.41, 5.74) is 8.74. The van der Waals surface area contributed by atoms with Crippen LogP contribution >= 0.6 is 0 Å². The molecule has 0 atom stereocenters. The Labute approximate surface area is 113 Å². The van der Waals surface area contributed by atoms with Gasteiger partial charge in [0.25, 0.3) is 0 Å². The molecule has 0 unspecified atom stereocenters. The van der Waals surface area contributed by atoms with Crippen molar-refractivity contribution in [2.75, 3.05) is 5.73 Å². The maximum Gasteiger partial charge on any atom is 0.147 e. The molecule has 0 spiro atoms. The van der Waals surface area contributed by atoms with Gasteiger partial charge in [0.2, 0.25) is 0 Å². The van der Waals surface area contributed by atoms with Crippen molar-refractivity contribution in [1.29, 1.82) is 0 Å². The average molecular weight is 260 g/mol. The minimum atomic E-state index is 0.0218. The molecule has 0 fully saturated rings. The summed E-state index contributed by atoms with van der Waals surface area (Å²) in [5, 5.41) is 12.7. The van der Waals surface area contributed by atoms with E-state index in [4.69, 9.17) is 5.73 Å². The summed E-state index contributed by atoms with van der Waals surface area (Å²) in [6.45, 7) is 7.72. The van der Waals surface area contributed by atoms with Gasteiger partial charge in [-0.25, -0.2) is 0 Å². The number of aldehydes is 1. The molecule has 0 aliphatic rings. The molecule has 0 aliphatic heterocycles. The molecule has 0 bridgehead atoms. The van der Waals surface area contributed by atoms with E-state index in [2.05, 4.69) is 11.9 Å². The van der Waals surface area contributed by atoms with E-state index in [0.717, 1.165) is 30.4 Å². The zero-order valence-corrected chi connectivity index (χ0v) is 11.4. The minimum Gasteiger partial charge on any atom is -0.506 e. The molecule has 0 saturated carbocycles. The smallest absolute Gasteiger partial charge is 0.147 e. The minimum absolute atomic E-state index is 0.0218. The van der Waals surface area contributed by atoms with Crippen molar-refractivity contribution in [2.24, 2.45) is 0 Å². The van der Waals surface area contributed by atoms with E-state index in [-0.39, 0.29) is 5.75 Å². The van der Waals surface area contributed by atoms with Crippen molar-refractivity contribution in [3.8, 4) is 5.75 Å².